The Balaban J connectivity index is 2.07. The molecule has 0 spiro atoms. The summed E-state index contributed by atoms with van der Waals surface area (Å²) in [5.74, 6) is 0.394. The molecule has 1 fully saturated rings. The first-order valence-corrected chi connectivity index (χ1v) is 7.73. The van der Waals surface area contributed by atoms with Crippen LogP contribution < -0.4 is 16.0 Å². The molecule has 116 valence electrons. The molecular formula is C16H21N5O. The quantitative estimate of drug-likeness (QED) is 0.842. The molecule has 1 aromatic carbocycles. The molecule has 1 saturated heterocycles. The van der Waals surface area contributed by atoms with Gasteiger partial charge in [0.2, 0.25) is 0 Å². The number of nitrogens with two attached hydrogens (primary N) is 1. The summed E-state index contributed by atoms with van der Waals surface area (Å²) in [6, 6.07) is 7.61. The molecule has 1 aliphatic heterocycles. The lowest BCUT2D eigenvalue weighted by atomic mass is 10.1. The van der Waals surface area contributed by atoms with Crippen molar-refractivity contribution in [1.82, 2.24) is 15.3 Å². The summed E-state index contributed by atoms with van der Waals surface area (Å²) in [5.41, 5.74) is 7.56. The van der Waals surface area contributed by atoms with Crippen molar-refractivity contribution in [3.05, 3.63) is 30.0 Å². The first-order chi connectivity index (χ1) is 10.6. The Morgan fingerprint density at radius 2 is 1.82 bits per heavy atom. The van der Waals surface area contributed by atoms with Gasteiger partial charge in [-0.15, -0.1) is 0 Å². The molecule has 0 radical (unpaired) electrons. The van der Waals surface area contributed by atoms with E-state index >= 15 is 0 Å². The molecule has 6 heteroatoms. The Labute approximate surface area is 129 Å². The minimum absolute atomic E-state index is 0.270. The number of carbonyl (C=O) groups is 1. The number of nitrogens with one attached hydrogen (secondary N) is 1. The first kappa shape index (κ1) is 14.7. The van der Waals surface area contributed by atoms with Crippen molar-refractivity contribution in [3.63, 3.8) is 0 Å². The second kappa shape index (κ2) is 6.27. The molecule has 0 aliphatic carbocycles. The highest BCUT2D eigenvalue weighted by Crippen LogP contribution is 2.23. The fourth-order valence-electron chi connectivity index (χ4n) is 2.74. The van der Waals surface area contributed by atoms with E-state index in [9.17, 15) is 4.79 Å². The topological polar surface area (TPSA) is 84.1 Å². The molecule has 0 saturated carbocycles. The molecule has 1 aromatic heterocycles. The number of aromatic nitrogens is 2. The van der Waals surface area contributed by atoms with E-state index in [1.807, 2.05) is 24.3 Å². The lowest BCUT2D eigenvalue weighted by molar-refractivity contribution is 0.0936. The van der Waals surface area contributed by atoms with Crippen molar-refractivity contribution in [2.45, 2.75) is 32.4 Å². The fourth-order valence-corrected chi connectivity index (χ4v) is 2.74. The van der Waals surface area contributed by atoms with Crippen molar-refractivity contribution in [3.8, 4) is 0 Å². The number of para-hydroxylation sites is 2. The van der Waals surface area contributed by atoms with Crippen LogP contribution in [0.4, 0.5) is 5.82 Å². The third kappa shape index (κ3) is 3.01. The van der Waals surface area contributed by atoms with Gasteiger partial charge in [0.25, 0.3) is 5.91 Å². The van der Waals surface area contributed by atoms with Crippen LogP contribution in [-0.4, -0.2) is 35.1 Å². The normalized spacial score (nSPS) is 16.5. The van der Waals surface area contributed by atoms with Crippen LogP contribution in [0, 0.1) is 0 Å². The highest BCUT2D eigenvalue weighted by molar-refractivity contribution is 5.99. The van der Waals surface area contributed by atoms with Crippen molar-refractivity contribution in [2.75, 3.05) is 18.0 Å². The average Bonchev–Trinajstić information content (AvgIpc) is 2.54. The molecule has 3 N–H and O–H groups in total. The minimum Gasteiger partial charge on any atom is -0.355 e. The van der Waals surface area contributed by atoms with Crippen LogP contribution in [-0.2, 0) is 0 Å². The van der Waals surface area contributed by atoms with Crippen LogP contribution in [0.15, 0.2) is 24.3 Å². The Morgan fingerprint density at radius 1 is 1.18 bits per heavy atom. The number of rotatable bonds is 3. The van der Waals surface area contributed by atoms with E-state index in [1.54, 1.807) is 6.92 Å². The van der Waals surface area contributed by atoms with E-state index in [0.29, 0.717) is 11.5 Å². The number of piperidine rings is 1. The van der Waals surface area contributed by atoms with Gasteiger partial charge in [-0.25, -0.2) is 9.97 Å². The average molecular weight is 299 g/mol. The maximum Gasteiger partial charge on any atom is 0.274 e. The summed E-state index contributed by atoms with van der Waals surface area (Å²) in [4.78, 5) is 23.8. The number of amides is 1. The second-order valence-corrected chi connectivity index (χ2v) is 5.69. The molecule has 1 unspecified atom stereocenters. The molecule has 0 bridgehead atoms. The molecular weight excluding hydrogens is 278 g/mol. The van der Waals surface area contributed by atoms with Crippen molar-refractivity contribution >= 4 is 22.8 Å². The van der Waals surface area contributed by atoms with Gasteiger partial charge in [-0.2, -0.15) is 0 Å². The highest BCUT2D eigenvalue weighted by Gasteiger charge is 2.23. The van der Waals surface area contributed by atoms with Gasteiger partial charge in [-0.1, -0.05) is 12.1 Å². The predicted molar refractivity (Wildman–Crippen MR) is 86.7 cm³/mol. The van der Waals surface area contributed by atoms with Gasteiger partial charge in [-0.3, -0.25) is 4.79 Å². The number of fused-ring (bicyclic) bond motifs is 1. The van der Waals surface area contributed by atoms with Crippen LogP contribution in [0.2, 0.25) is 0 Å². The molecule has 2 heterocycles. The minimum atomic E-state index is -0.421. The smallest absolute Gasteiger partial charge is 0.274 e. The van der Waals surface area contributed by atoms with Crippen LogP contribution in [0.1, 0.15) is 36.7 Å². The monoisotopic (exact) mass is 299 g/mol. The van der Waals surface area contributed by atoms with Crippen LogP contribution in [0.5, 0.6) is 0 Å². The molecule has 1 atom stereocenters. The van der Waals surface area contributed by atoms with Crippen LogP contribution in [0.3, 0.4) is 0 Å². The third-order valence-corrected chi connectivity index (χ3v) is 3.78. The number of anilines is 1. The van der Waals surface area contributed by atoms with E-state index in [2.05, 4.69) is 20.2 Å². The van der Waals surface area contributed by atoms with E-state index in [0.717, 1.165) is 37.0 Å². The SMILES string of the molecule is CC(N)NC(=O)c1nc2ccccc2nc1N1CCCCC1. The second-order valence-electron chi connectivity index (χ2n) is 5.69. The molecule has 3 rings (SSSR count). The Hall–Kier alpha value is -2.21. The summed E-state index contributed by atoms with van der Waals surface area (Å²) in [7, 11) is 0. The Morgan fingerprint density at radius 3 is 2.45 bits per heavy atom. The molecule has 22 heavy (non-hydrogen) atoms. The van der Waals surface area contributed by atoms with Crippen molar-refractivity contribution in [2.24, 2.45) is 5.73 Å². The number of benzene rings is 1. The standard InChI is InChI=1S/C16H21N5O/c1-11(17)18-16(22)14-15(21-9-5-2-6-10-21)20-13-8-4-3-7-12(13)19-14/h3-4,7-8,11H,2,5-6,9-10,17H2,1H3,(H,18,22). The predicted octanol–water partition coefficient (Wildman–Crippen LogP) is 1.65. The zero-order valence-corrected chi connectivity index (χ0v) is 12.7. The van der Waals surface area contributed by atoms with Gasteiger partial charge in [-0.05, 0) is 38.3 Å². The maximum atomic E-state index is 12.4. The third-order valence-electron chi connectivity index (χ3n) is 3.78. The lowest BCUT2D eigenvalue weighted by Crippen LogP contribution is -2.41. The van der Waals surface area contributed by atoms with Crippen molar-refractivity contribution < 1.29 is 4.79 Å². The van der Waals surface area contributed by atoms with E-state index < -0.39 is 6.17 Å². The zero-order chi connectivity index (χ0) is 15.5. The Kier molecular flexibility index (Phi) is 4.20. The van der Waals surface area contributed by atoms with Crippen LogP contribution in [0.25, 0.3) is 11.0 Å². The van der Waals surface area contributed by atoms with Crippen LogP contribution >= 0.6 is 0 Å². The number of nitrogens with zero attached hydrogens (tertiary/aromatic N) is 3. The fraction of sp³-hybridized carbons (Fsp3) is 0.438. The van der Waals surface area contributed by atoms with Crippen molar-refractivity contribution in [1.29, 1.82) is 0 Å². The number of carbonyl (C=O) groups excluding carboxylic acids is 1. The molecule has 2 aromatic rings. The molecule has 1 amide bonds. The summed E-state index contributed by atoms with van der Waals surface area (Å²) in [6.07, 6.45) is 3.03. The van der Waals surface area contributed by atoms with Gasteiger partial charge < -0.3 is 16.0 Å². The zero-order valence-electron chi connectivity index (χ0n) is 12.7. The largest absolute Gasteiger partial charge is 0.355 e. The van der Waals surface area contributed by atoms with Gasteiger partial charge in [0.05, 0.1) is 17.2 Å². The lowest BCUT2D eigenvalue weighted by Gasteiger charge is -2.29. The van der Waals surface area contributed by atoms with E-state index in [-0.39, 0.29) is 5.91 Å². The Bertz CT molecular complexity index is 679. The molecule has 1 aliphatic rings. The summed E-state index contributed by atoms with van der Waals surface area (Å²) in [5, 5.41) is 2.71. The molecule has 6 nitrogen and oxygen atoms in total. The van der Waals surface area contributed by atoms with E-state index in [1.165, 1.54) is 6.42 Å². The summed E-state index contributed by atoms with van der Waals surface area (Å²) >= 11 is 0. The van der Waals surface area contributed by atoms with Gasteiger partial charge in [0, 0.05) is 13.1 Å². The van der Waals surface area contributed by atoms with E-state index in [4.69, 9.17) is 5.73 Å². The number of hydrogen-bond acceptors (Lipinski definition) is 5. The maximum absolute atomic E-state index is 12.4. The highest BCUT2D eigenvalue weighted by atomic mass is 16.2. The summed E-state index contributed by atoms with van der Waals surface area (Å²) < 4.78 is 0. The first-order valence-electron chi connectivity index (χ1n) is 7.73. The van der Waals surface area contributed by atoms with Gasteiger partial charge in [0.15, 0.2) is 11.5 Å². The number of hydrogen-bond donors (Lipinski definition) is 2. The van der Waals surface area contributed by atoms with Gasteiger partial charge in [0.1, 0.15) is 0 Å². The summed E-state index contributed by atoms with van der Waals surface area (Å²) in [6.45, 7) is 3.55. The van der Waals surface area contributed by atoms with Gasteiger partial charge >= 0.3 is 0 Å².